The Bertz CT molecular complexity index is 1140. The predicted octanol–water partition coefficient (Wildman–Crippen LogP) is 13.3. The number of unbranched alkanes of at least 4 members (excludes halogenated alkanes) is 10. The van der Waals surface area contributed by atoms with E-state index in [4.69, 9.17) is 9.84 Å². The van der Waals surface area contributed by atoms with Gasteiger partial charge in [-0.1, -0.05) is 143 Å². The van der Waals surface area contributed by atoms with Gasteiger partial charge in [0.1, 0.15) is 12.6 Å². The summed E-state index contributed by atoms with van der Waals surface area (Å²) in [4.78, 5) is 35.0. The zero-order valence-corrected chi connectivity index (χ0v) is 34.3. The van der Waals surface area contributed by atoms with Crippen LogP contribution in [0, 0.1) is 0 Å². The molecule has 1 atom stereocenters. The molecule has 1 unspecified atom stereocenters. The van der Waals surface area contributed by atoms with Crippen molar-refractivity contribution >= 4 is 17.8 Å². The Morgan fingerprint density at radius 2 is 0.926 bits per heavy atom. The summed E-state index contributed by atoms with van der Waals surface area (Å²) < 4.78 is 5.98. The predicted molar refractivity (Wildman–Crippen MR) is 230 cm³/mol. The Hall–Kier alpha value is -3.67. The fourth-order valence-electron chi connectivity index (χ4n) is 5.61. The number of carboxylic acids is 1. The highest BCUT2D eigenvalue weighted by Gasteiger charge is 2.14. The van der Waals surface area contributed by atoms with E-state index in [1.807, 2.05) is 0 Å². The Morgan fingerprint density at radius 1 is 0.500 bits per heavy atom. The molecule has 0 fully saturated rings. The van der Waals surface area contributed by atoms with Gasteiger partial charge in [0.05, 0.1) is 0 Å². The van der Waals surface area contributed by atoms with Crippen LogP contribution >= 0.6 is 0 Å². The van der Waals surface area contributed by atoms with Crippen molar-refractivity contribution in [2.45, 2.75) is 180 Å². The lowest BCUT2D eigenvalue weighted by atomic mass is 10.0. The van der Waals surface area contributed by atoms with Crippen LogP contribution < -0.4 is 5.32 Å². The second kappa shape index (κ2) is 42.1. The fourth-order valence-corrected chi connectivity index (χ4v) is 5.61. The van der Waals surface area contributed by atoms with Gasteiger partial charge in [-0.3, -0.25) is 14.4 Å². The quantitative estimate of drug-likeness (QED) is 0.0375. The number of rotatable bonds is 37. The zero-order valence-electron chi connectivity index (χ0n) is 34.3. The lowest BCUT2D eigenvalue weighted by molar-refractivity contribution is -0.150. The fraction of sp³-hybridized carbons (Fsp3) is 0.604. The van der Waals surface area contributed by atoms with Crippen LogP contribution in [-0.2, 0) is 19.1 Å². The largest absolute Gasteiger partial charge is 0.480 e. The first-order valence-corrected chi connectivity index (χ1v) is 21.4. The van der Waals surface area contributed by atoms with Gasteiger partial charge in [0.25, 0.3) is 0 Å². The number of carbonyl (C=O) groups is 3. The van der Waals surface area contributed by atoms with E-state index in [0.717, 1.165) is 122 Å². The van der Waals surface area contributed by atoms with Crippen molar-refractivity contribution in [1.82, 2.24) is 5.32 Å². The van der Waals surface area contributed by atoms with Crippen LogP contribution in [0.15, 0.2) is 97.2 Å². The molecule has 0 aromatic carbocycles. The Balaban J connectivity index is 4.30. The first-order valence-electron chi connectivity index (χ1n) is 21.4. The van der Waals surface area contributed by atoms with Crippen LogP contribution in [0.2, 0.25) is 0 Å². The lowest BCUT2D eigenvalue weighted by Gasteiger charge is -2.18. The van der Waals surface area contributed by atoms with Gasteiger partial charge in [0.2, 0.25) is 5.91 Å². The maximum absolute atomic E-state index is 12.7. The zero-order chi connectivity index (χ0) is 39.4. The summed E-state index contributed by atoms with van der Waals surface area (Å²) in [5.74, 6) is -1.32. The van der Waals surface area contributed by atoms with E-state index in [2.05, 4.69) is 116 Å². The van der Waals surface area contributed by atoms with E-state index in [1.54, 1.807) is 0 Å². The molecular weight excluding hydrogens is 671 g/mol. The molecule has 0 aromatic heterocycles. The molecule has 0 heterocycles. The number of allylic oxidation sites excluding steroid dienone is 16. The maximum atomic E-state index is 12.7. The van der Waals surface area contributed by atoms with E-state index >= 15 is 0 Å². The maximum Gasteiger partial charge on any atom is 0.322 e. The van der Waals surface area contributed by atoms with Crippen LogP contribution in [0.25, 0.3) is 0 Å². The van der Waals surface area contributed by atoms with Crippen LogP contribution in [-0.4, -0.2) is 35.6 Å². The number of hydrogen-bond acceptors (Lipinski definition) is 4. The molecule has 0 aliphatic rings. The molecule has 0 bridgehead atoms. The van der Waals surface area contributed by atoms with Crippen LogP contribution in [0.5, 0.6) is 0 Å². The van der Waals surface area contributed by atoms with Crippen LogP contribution in [0.1, 0.15) is 174 Å². The average molecular weight is 748 g/mol. The highest BCUT2D eigenvalue weighted by Crippen LogP contribution is 2.17. The van der Waals surface area contributed by atoms with Crippen molar-refractivity contribution in [2.75, 3.05) is 6.54 Å². The number of aliphatic carboxylic acids is 1. The van der Waals surface area contributed by atoms with E-state index < -0.39 is 5.97 Å². The first-order chi connectivity index (χ1) is 26.5. The topological polar surface area (TPSA) is 92.7 Å². The van der Waals surface area contributed by atoms with Crippen LogP contribution in [0.4, 0.5) is 0 Å². The number of hydrogen-bond donors (Lipinski definition) is 2. The lowest BCUT2D eigenvalue weighted by Crippen LogP contribution is -2.28. The summed E-state index contributed by atoms with van der Waals surface area (Å²) in [5.41, 5.74) is 0. The molecule has 304 valence electrons. The van der Waals surface area contributed by atoms with Crippen LogP contribution in [0.3, 0.4) is 0 Å². The van der Waals surface area contributed by atoms with Gasteiger partial charge in [-0.05, 0) is 116 Å². The van der Waals surface area contributed by atoms with Gasteiger partial charge in [-0.25, -0.2) is 0 Å². The minimum absolute atomic E-state index is 0.0467. The first kappa shape index (κ1) is 50.3. The third-order valence-electron chi connectivity index (χ3n) is 8.74. The molecule has 0 saturated carbocycles. The third-order valence-corrected chi connectivity index (χ3v) is 8.74. The number of esters is 1. The van der Waals surface area contributed by atoms with Crippen molar-refractivity contribution in [3.63, 3.8) is 0 Å². The molecule has 2 N–H and O–H groups in total. The van der Waals surface area contributed by atoms with Gasteiger partial charge in [-0.2, -0.15) is 0 Å². The van der Waals surface area contributed by atoms with Gasteiger partial charge >= 0.3 is 11.9 Å². The Labute approximate surface area is 330 Å². The van der Waals surface area contributed by atoms with Gasteiger partial charge < -0.3 is 15.2 Å². The normalized spacial score (nSPS) is 13.1. The standard InChI is InChI=1S/C48H77NO5/c1-3-5-7-9-11-13-15-16-17-18-19-20-21-22-23-24-26-28-30-35-39-43-48(53)54-45(40-36-32-29-27-25-14-12-10-8-6-4-2)41-37-33-31-34-38-42-46(50)49-44-47(51)52/h5,7,11-14,16-17,19-20,22-23,26-29,45H,3-4,6,8-10,15,18,21,24-25,30-44H2,1-2H3,(H,49,50)(H,51,52)/b7-5-,13-11-,14-12-,17-16-,20-19-,23-22-,28-26-,29-27-. The van der Waals surface area contributed by atoms with Crippen molar-refractivity contribution in [2.24, 2.45) is 0 Å². The van der Waals surface area contributed by atoms with Crippen molar-refractivity contribution in [1.29, 1.82) is 0 Å². The molecule has 0 aromatic rings. The SMILES string of the molecule is CC/C=C\C/C=C\C/C=C\C/C=C\C/C=C\C/C=C\CCCCC(=O)OC(CCC/C=C\C/C=C\CCCCC)CCCCCCCC(=O)NCC(=O)O. The van der Waals surface area contributed by atoms with Crippen molar-refractivity contribution in [3.8, 4) is 0 Å². The minimum atomic E-state index is -1.03. The number of carboxylic acid groups (broad SMARTS) is 1. The van der Waals surface area contributed by atoms with E-state index in [-0.39, 0.29) is 24.5 Å². The molecule has 0 rings (SSSR count). The van der Waals surface area contributed by atoms with E-state index in [0.29, 0.717) is 12.8 Å². The van der Waals surface area contributed by atoms with Crippen molar-refractivity contribution in [3.05, 3.63) is 97.2 Å². The Kier molecular flexibility index (Phi) is 39.2. The summed E-state index contributed by atoms with van der Waals surface area (Å²) in [6.07, 6.45) is 59.5. The number of carbonyl (C=O) groups excluding carboxylic acids is 2. The van der Waals surface area contributed by atoms with Gasteiger partial charge in [0, 0.05) is 12.8 Å². The molecule has 6 nitrogen and oxygen atoms in total. The minimum Gasteiger partial charge on any atom is -0.480 e. The smallest absolute Gasteiger partial charge is 0.322 e. The highest BCUT2D eigenvalue weighted by molar-refractivity contribution is 5.80. The van der Waals surface area contributed by atoms with E-state index in [9.17, 15) is 14.4 Å². The molecule has 1 amide bonds. The summed E-state index contributed by atoms with van der Waals surface area (Å²) >= 11 is 0. The summed E-state index contributed by atoms with van der Waals surface area (Å²) in [6, 6.07) is 0. The number of ether oxygens (including phenoxy) is 1. The second-order valence-electron chi connectivity index (χ2n) is 13.9. The van der Waals surface area contributed by atoms with Gasteiger partial charge in [0.15, 0.2) is 0 Å². The molecule has 54 heavy (non-hydrogen) atoms. The van der Waals surface area contributed by atoms with Gasteiger partial charge in [-0.15, -0.1) is 0 Å². The second-order valence-corrected chi connectivity index (χ2v) is 13.9. The molecule has 0 aliphatic carbocycles. The highest BCUT2D eigenvalue weighted by atomic mass is 16.5. The van der Waals surface area contributed by atoms with E-state index in [1.165, 1.54) is 25.7 Å². The third kappa shape index (κ3) is 41.1. The summed E-state index contributed by atoms with van der Waals surface area (Å²) in [6.45, 7) is 4.06. The molecule has 0 radical (unpaired) electrons. The monoisotopic (exact) mass is 748 g/mol. The average Bonchev–Trinajstić information content (AvgIpc) is 3.16. The Morgan fingerprint density at radius 3 is 1.44 bits per heavy atom. The summed E-state index contributed by atoms with van der Waals surface area (Å²) in [5, 5.41) is 11.1. The molecule has 0 spiro atoms. The number of nitrogens with one attached hydrogen (secondary N) is 1. The summed E-state index contributed by atoms with van der Waals surface area (Å²) in [7, 11) is 0. The molecule has 0 aliphatic heterocycles. The molecule has 0 saturated heterocycles. The van der Waals surface area contributed by atoms with Crippen molar-refractivity contribution < 1.29 is 24.2 Å². The molecular formula is C48H77NO5. The molecule has 6 heteroatoms. The number of amides is 1.